The summed E-state index contributed by atoms with van der Waals surface area (Å²) in [5, 5.41) is 17.7. The average molecular weight is 291 g/mol. The first-order valence-electron chi connectivity index (χ1n) is 8.72. The van der Waals surface area contributed by atoms with Crippen LogP contribution in [0.1, 0.15) is 63.1 Å². The fourth-order valence-electron chi connectivity index (χ4n) is 4.02. The number of hydrogen-bond acceptors (Lipinski definition) is 3. The van der Waals surface area contributed by atoms with Crippen molar-refractivity contribution in [3.8, 4) is 0 Å². The summed E-state index contributed by atoms with van der Waals surface area (Å²) < 4.78 is 2.17. The summed E-state index contributed by atoms with van der Waals surface area (Å²) in [6.07, 6.45) is 12.5. The van der Waals surface area contributed by atoms with Crippen LogP contribution >= 0.6 is 0 Å². The molecule has 3 rings (SSSR count). The predicted octanol–water partition coefficient (Wildman–Crippen LogP) is 2.89. The number of aliphatic hydroxyl groups is 1. The molecule has 0 aromatic carbocycles. The van der Waals surface area contributed by atoms with E-state index in [-0.39, 0.29) is 0 Å². The Kier molecular flexibility index (Phi) is 5.31. The third-order valence-electron chi connectivity index (χ3n) is 5.38. The monoisotopic (exact) mass is 291 g/mol. The van der Waals surface area contributed by atoms with Crippen LogP contribution in [0, 0.1) is 11.8 Å². The molecule has 118 valence electrons. The van der Waals surface area contributed by atoms with Gasteiger partial charge in [-0.15, -0.1) is 0 Å². The van der Waals surface area contributed by atoms with Gasteiger partial charge in [0.15, 0.2) is 0 Å². The van der Waals surface area contributed by atoms with E-state index < -0.39 is 0 Å². The van der Waals surface area contributed by atoms with E-state index in [1.165, 1.54) is 51.4 Å². The number of rotatable bonds is 6. The number of nitrogens with one attached hydrogen (secondary N) is 1. The van der Waals surface area contributed by atoms with E-state index >= 15 is 0 Å². The van der Waals surface area contributed by atoms with Crippen LogP contribution in [0.2, 0.25) is 0 Å². The van der Waals surface area contributed by atoms with Gasteiger partial charge in [-0.1, -0.05) is 25.7 Å². The molecule has 2 unspecified atom stereocenters. The maximum Gasteiger partial charge on any atom is 0.0762 e. The second kappa shape index (κ2) is 7.41. The molecule has 0 aliphatic heterocycles. The van der Waals surface area contributed by atoms with Gasteiger partial charge in [0.1, 0.15) is 0 Å². The summed E-state index contributed by atoms with van der Waals surface area (Å²) in [5.41, 5.74) is 1.15. The molecular formula is C17H29N3O. The van der Waals surface area contributed by atoms with E-state index in [0.717, 1.165) is 18.8 Å². The van der Waals surface area contributed by atoms with Crippen molar-refractivity contribution < 1.29 is 5.11 Å². The Labute approximate surface area is 127 Å². The van der Waals surface area contributed by atoms with Crippen molar-refractivity contribution in [2.24, 2.45) is 11.8 Å². The summed E-state index contributed by atoms with van der Waals surface area (Å²) in [6, 6.07) is 2.78. The number of hydrogen-bond donors (Lipinski definition) is 2. The number of aromatic nitrogens is 2. The summed E-state index contributed by atoms with van der Waals surface area (Å²) in [6.45, 7) is 2.22. The molecule has 0 saturated heterocycles. The topological polar surface area (TPSA) is 50.1 Å². The third kappa shape index (κ3) is 3.86. The van der Waals surface area contributed by atoms with Crippen molar-refractivity contribution in [3.63, 3.8) is 0 Å². The highest BCUT2D eigenvalue weighted by Crippen LogP contribution is 2.30. The normalized spacial score (nSPS) is 27.3. The molecule has 1 aromatic heterocycles. The standard InChI is InChI=1S/C17H29N3O/c21-13-15-6-2-1-5-14(15)11-18-12-16-9-10-20(19-16)17-7-3-4-8-17/h9-10,14-15,17-18,21H,1-8,11-13H2. The van der Waals surface area contributed by atoms with E-state index in [1.54, 1.807) is 0 Å². The molecule has 2 N–H and O–H groups in total. The lowest BCUT2D eigenvalue weighted by Gasteiger charge is -2.30. The molecule has 0 bridgehead atoms. The molecule has 4 heteroatoms. The van der Waals surface area contributed by atoms with Crippen LogP contribution in [0.25, 0.3) is 0 Å². The molecule has 2 aliphatic carbocycles. The van der Waals surface area contributed by atoms with Crippen molar-refractivity contribution in [1.82, 2.24) is 15.1 Å². The summed E-state index contributed by atoms with van der Waals surface area (Å²) in [5.74, 6) is 1.14. The molecule has 1 aromatic rings. The Morgan fingerprint density at radius 1 is 1.10 bits per heavy atom. The Hall–Kier alpha value is -0.870. The van der Waals surface area contributed by atoms with E-state index in [1.807, 2.05) is 0 Å². The van der Waals surface area contributed by atoms with Gasteiger partial charge in [-0.2, -0.15) is 5.10 Å². The molecular weight excluding hydrogens is 262 g/mol. The van der Waals surface area contributed by atoms with Crippen LogP contribution in [0.4, 0.5) is 0 Å². The molecule has 2 atom stereocenters. The van der Waals surface area contributed by atoms with Gasteiger partial charge in [0.05, 0.1) is 11.7 Å². The van der Waals surface area contributed by atoms with Gasteiger partial charge in [-0.3, -0.25) is 4.68 Å². The highest BCUT2D eigenvalue weighted by Gasteiger charge is 2.24. The first-order valence-corrected chi connectivity index (χ1v) is 8.72. The number of nitrogens with zero attached hydrogens (tertiary/aromatic N) is 2. The molecule has 21 heavy (non-hydrogen) atoms. The van der Waals surface area contributed by atoms with Gasteiger partial charge >= 0.3 is 0 Å². The lowest BCUT2D eigenvalue weighted by Crippen LogP contribution is -2.32. The highest BCUT2D eigenvalue weighted by atomic mass is 16.3. The third-order valence-corrected chi connectivity index (χ3v) is 5.38. The molecule has 2 fully saturated rings. The van der Waals surface area contributed by atoms with Gasteiger partial charge in [0.25, 0.3) is 0 Å². The number of aliphatic hydroxyl groups excluding tert-OH is 1. The van der Waals surface area contributed by atoms with Crippen LogP contribution in [0.5, 0.6) is 0 Å². The smallest absolute Gasteiger partial charge is 0.0762 e. The van der Waals surface area contributed by atoms with Gasteiger partial charge < -0.3 is 10.4 Å². The molecule has 1 heterocycles. The summed E-state index contributed by atoms with van der Waals surface area (Å²) in [4.78, 5) is 0. The zero-order chi connectivity index (χ0) is 14.5. The largest absolute Gasteiger partial charge is 0.396 e. The molecule has 4 nitrogen and oxygen atoms in total. The van der Waals surface area contributed by atoms with Crippen LogP contribution < -0.4 is 5.32 Å². The lowest BCUT2D eigenvalue weighted by molar-refractivity contribution is 0.133. The zero-order valence-electron chi connectivity index (χ0n) is 13.0. The van der Waals surface area contributed by atoms with E-state index in [2.05, 4.69) is 22.3 Å². The van der Waals surface area contributed by atoms with Crippen LogP contribution in [-0.2, 0) is 6.54 Å². The maximum atomic E-state index is 9.46. The fourth-order valence-corrected chi connectivity index (χ4v) is 4.02. The van der Waals surface area contributed by atoms with E-state index in [0.29, 0.717) is 24.5 Å². The lowest BCUT2D eigenvalue weighted by atomic mass is 9.79. The summed E-state index contributed by atoms with van der Waals surface area (Å²) >= 11 is 0. The Balaban J connectivity index is 1.44. The first-order chi connectivity index (χ1) is 10.4. The Morgan fingerprint density at radius 3 is 2.57 bits per heavy atom. The zero-order valence-corrected chi connectivity index (χ0v) is 13.0. The van der Waals surface area contributed by atoms with Crippen LogP contribution in [0.3, 0.4) is 0 Å². The predicted molar refractivity (Wildman–Crippen MR) is 84.0 cm³/mol. The highest BCUT2D eigenvalue weighted by molar-refractivity contribution is 5.00. The van der Waals surface area contributed by atoms with Gasteiger partial charge in [-0.05, 0) is 50.1 Å². The van der Waals surface area contributed by atoms with Crippen LogP contribution in [-0.4, -0.2) is 28.0 Å². The van der Waals surface area contributed by atoms with Crippen molar-refractivity contribution in [1.29, 1.82) is 0 Å². The fraction of sp³-hybridized carbons (Fsp3) is 0.824. The quantitative estimate of drug-likeness (QED) is 0.847. The Morgan fingerprint density at radius 2 is 1.81 bits per heavy atom. The van der Waals surface area contributed by atoms with Crippen molar-refractivity contribution in [3.05, 3.63) is 18.0 Å². The maximum absolute atomic E-state index is 9.46. The minimum atomic E-state index is 0.350. The van der Waals surface area contributed by atoms with Crippen LogP contribution in [0.15, 0.2) is 12.3 Å². The SMILES string of the molecule is OCC1CCCCC1CNCc1ccn(C2CCCC2)n1. The average Bonchev–Trinajstić information content (AvgIpc) is 3.18. The van der Waals surface area contributed by atoms with E-state index in [9.17, 15) is 5.11 Å². The van der Waals surface area contributed by atoms with Crippen molar-refractivity contribution in [2.75, 3.05) is 13.2 Å². The minimum Gasteiger partial charge on any atom is -0.396 e. The second-order valence-electron chi connectivity index (χ2n) is 6.84. The van der Waals surface area contributed by atoms with Crippen molar-refractivity contribution in [2.45, 2.75) is 64.0 Å². The molecule has 2 aliphatic rings. The molecule has 0 spiro atoms. The summed E-state index contributed by atoms with van der Waals surface area (Å²) in [7, 11) is 0. The second-order valence-corrected chi connectivity index (χ2v) is 6.84. The molecule has 0 radical (unpaired) electrons. The molecule has 0 amide bonds. The van der Waals surface area contributed by atoms with E-state index in [4.69, 9.17) is 5.10 Å². The molecule has 2 saturated carbocycles. The van der Waals surface area contributed by atoms with Gasteiger partial charge in [0, 0.05) is 19.3 Å². The van der Waals surface area contributed by atoms with Gasteiger partial charge in [-0.25, -0.2) is 0 Å². The van der Waals surface area contributed by atoms with Gasteiger partial charge in [0.2, 0.25) is 0 Å². The minimum absolute atomic E-state index is 0.350. The first kappa shape index (κ1) is 15.0. The Bertz CT molecular complexity index is 425. The van der Waals surface area contributed by atoms with Crippen molar-refractivity contribution >= 4 is 0 Å².